The smallest absolute Gasteiger partial charge is 0.173 e. The predicted molar refractivity (Wildman–Crippen MR) is 41.9 cm³/mol. The first kappa shape index (κ1) is 8.41. The topological polar surface area (TPSA) is 3.01 Å². The van der Waals surface area contributed by atoms with Crippen molar-refractivity contribution in [3.8, 4) is 0 Å². The Hall–Kier alpha value is -0.590. The molecule has 0 fully saturated rings. The van der Waals surface area contributed by atoms with Gasteiger partial charge in [0.1, 0.15) is 13.8 Å². The van der Waals surface area contributed by atoms with E-state index in [4.69, 9.17) is 0 Å². The van der Waals surface area contributed by atoms with Crippen molar-refractivity contribution in [3.63, 3.8) is 0 Å². The molecule has 0 radical (unpaired) electrons. The Morgan fingerprint density at radius 2 is 2.00 bits per heavy atom. The van der Waals surface area contributed by atoms with Crippen molar-refractivity contribution in [1.82, 2.24) is 0 Å². The van der Waals surface area contributed by atoms with Gasteiger partial charge in [0.05, 0.1) is 0 Å². The second-order valence-electron chi connectivity index (χ2n) is 2.86. The van der Waals surface area contributed by atoms with E-state index in [-0.39, 0.29) is 0 Å². The summed E-state index contributed by atoms with van der Waals surface area (Å²) in [5.41, 5.74) is 1.10. The third-order valence-corrected chi connectivity index (χ3v) is 1.18. The third-order valence-electron chi connectivity index (χ3n) is 1.18. The Kier molecular flexibility index (Phi) is 3.21. The highest BCUT2D eigenvalue weighted by Crippen LogP contribution is 2.06. The monoisotopic (exact) mass is 126 g/mol. The van der Waals surface area contributed by atoms with Crippen molar-refractivity contribution in [2.45, 2.75) is 20.3 Å². The lowest BCUT2D eigenvalue weighted by Crippen LogP contribution is -2.03. The van der Waals surface area contributed by atoms with Gasteiger partial charge in [0, 0.05) is 6.42 Å². The lowest BCUT2D eigenvalue weighted by Gasteiger charge is -2.01. The minimum absolute atomic E-state index is 0.682. The van der Waals surface area contributed by atoms with Crippen molar-refractivity contribution < 1.29 is 4.58 Å². The molecule has 0 aliphatic carbocycles. The molecule has 0 rings (SSSR count). The molecule has 0 N–H and O–H groups in total. The van der Waals surface area contributed by atoms with Gasteiger partial charge in [0.25, 0.3) is 0 Å². The fourth-order valence-corrected chi connectivity index (χ4v) is 0.627. The summed E-state index contributed by atoms with van der Waals surface area (Å²) >= 11 is 0. The van der Waals surface area contributed by atoms with Gasteiger partial charge in [-0.15, -0.1) is 0 Å². The summed E-state index contributed by atoms with van der Waals surface area (Å²) in [5.74, 6) is 0.682. The van der Waals surface area contributed by atoms with Crippen LogP contribution >= 0.6 is 0 Å². The summed E-state index contributed by atoms with van der Waals surface area (Å²) in [6.45, 7) is 11.9. The van der Waals surface area contributed by atoms with E-state index in [2.05, 4.69) is 27.1 Å². The van der Waals surface area contributed by atoms with Crippen LogP contribution in [-0.2, 0) is 0 Å². The van der Waals surface area contributed by atoms with Crippen LogP contribution in [0.3, 0.4) is 0 Å². The Balaban J connectivity index is 3.65. The first-order chi connectivity index (χ1) is 4.04. The van der Waals surface area contributed by atoms with Gasteiger partial charge in [-0.05, 0) is 12.5 Å². The molecular weight excluding hydrogens is 110 g/mol. The Bertz CT molecular complexity index is 123. The summed E-state index contributed by atoms with van der Waals surface area (Å²) in [6, 6.07) is 0. The van der Waals surface area contributed by atoms with Gasteiger partial charge in [-0.3, -0.25) is 0 Å². The van der Waals surface area contributed by atoms with Gasteiger partial charge < -0.3 is 0 Å². The van der Waals surface area contributed by atoms with Gasteiger partial charge >= 0.3 is 0 Å². The average molecular weight is 126 g/mol. The van der Waals surface area contributed by atoms with Crippen LogP contribution < -0.4 is 0 Å². The highest BCUT2D eigenvalue weighted by atomic mass is 14.9. The van der Waals surface area contributed by atoms with E-state index in [1.54, 1.807) is 0 Å². The number of nitrogens with zero attached hydrogens (tertiary/aromatic N) is 1. The highest BCUT2D eigenvalue weighted by molar-refractivity contribution is 5.16. The zero-order valence-corrected chi connectivity index (χ0v) is 6.65. The molecular formula is C8H16N+. The third kappa shape index (κ3) is 3.95. The molecule has 0 aromatic heterocycles. The van der Waals surface area contributed by atoms with Gasteiger partial charge in [-0.1, -0.05) is 13.8 Å². The van der Waals surface area contributed by atoms with E-state index in [0.717, 1.165) is 12.1 Å². The molecule has 0 aromatic rings. The zero-order valence-electron chi connectivity index (χ0n) is 6.65. The molecule has 0 amide bonds. The van der Waals surface area contributed by atoms with Gasteiger partial charge in [0.15, 0.2) is 5.70 Å². The fourth-order valence-electron chi connectivity index (χ4n) is 0.627. The lowest BCUT2D eigenvalue weighted by atomic mass is 10.1. The highest BCUT2D eigenvalue weighted by Gasteiger charge is 2.03. The molecule has 0 saturated carbocycles. The van der Waals surface area contributed by atoms with E-state index in [0.29, 0.717) is 5.92 Å². The number of rotatable bonds is 3. The predicted octanol–water partition coefficient (Wildman–Crippen LogP) is 1.89. The van der Waals surface area contributed by atoms with Crippen LogP contribution in [-0.4, -0.2) is 18.3 Å². The van der Waals surface area contributed by atoms with Crippen LogP contribution in [0.5, 0.6) is 0 Å². The summed E-state index contributed by atoms with van der Waals surface area (Å²) in [7, 11) is 1.92. The van der Waals surface area contributed by atoms with Gasteiger partial charge in [-0.2, -0.15) is 0 Å². The number of hydrogen-bond donors (Lipinski definition) is 0. The molecule has 0 bridgehead atoms. The Morgan fingerprint density at radius 1 is 1.56 bits per heavy atom. The number of hydrogen-bond acceptors (Lipinski definition) is 0. The summed E-state index contributed by atoms with van der Waals surface area (Å²) in [5, 5.41) is 0. The van der Waals surface area contributed by atoms with Crippen molar-refractivity contribution in [2.75, 3.05) is 7.05 Å². The molecule has 0 aliphatic rings. The molecule has 52 valence electrons. The van der Waals surface area contributed by atoms with Crippen LogP contribution in [0.15, 0.2) is 12.3 Å². The minimum atomic E-state index is 0.682. The van der Waals surface area contributed by atoms with Crippen LogP contribution in [0.4, 0.5) is 0 Å². The average Bonchev–Trinajstić information content (AvgIpc) is 1.63. The second kappa shape index (κ2) is 3.44. The van der Waals surface area contributed by atoms with E-state index in [1.807, 2.05) is 11.6 Å². The quantitative estimate of drug-likeness (QED) is 0.401. The fraction of sp³-hybridized carbons (Fsp3) is 0.625. The van der Waals surface area contributed by atoms with Crippen LogP contribution in [0.25, 0.3) is 0 Å². The molecule has 0 atom stereocenters. The SMILES string of the molecule is C=C(CC(C)C)[N+](=C)C. The molecule has 0 heterocycles. The second-order valence-corrected chi connectivity index (χ2v) is 2.86. The maximum Gasteiger partial charge on any atom is 0.173 e. The Morgan fingerprint density at radius 3 is 2.11 bits per heavy atom. The molecule has 9 heavy (non-hydrogen) atoms. The molecule has 0 aromatic carbocycles. The summed E-state index contributed by atoms with van der Waals surface area (Å²) < 4.78 is 1.82. The summed E-state index contributed by atoms with van der Waals surface area (Å²) in [4.78, 5) is 0. The van der Waals surface area contributed by atoms with E-state index in [1.165, 1.54) is 0 Å². The van der Waals surface area contributed by atoms with Crippen LogP contribution in [0.1, 0.15) is 20.3 Å². The van der Waals surface area contributed by atoms with E-state index in [9.17, 15) is 0 Å². The first-order valence-corrected chi connectivity index (χ1v) is 3.26. The number of allylic oxidation sites excluding steroid dienone is 1. The lowest BCUT2D eigenvalue weighted by molar-refractivity contribution is -0.437. The molecule has 0 aliphatic heterocycles. The normalized spacial score (nSPS) is 9.78. The summed E-state index contributed by atoms with van der Waals surface area (Å²) in [6.07, 6.45) is 1.04. The Labute approximate surface area is 57.7 Å². The molecule has 0 unspecified atom stereocenters. The van der Waals surface area contributed by atoms with Crippen LogP contribution in [0.2, 0.25) is 0 Å². The maximum absolute atomic E-state index is 3.86. The molecule has 0 saturated heterocycles. The van der Waals surface area contributed by atoms with Crippen molar-refractivity contribution >= 4 is 6.72 Å². The van der Waals surface area contributed by atoms with E-state index >= 15 is 0 Å². The minimum Gasteiger partial charge on any atom is -0.212 e. The zero-order chi connectivity index (χ0) is 7.44. The van der Waals surface area contributed by atoms with Crippen molar-refractivity contribution in [3.05, 3.63) is 12.3 Å². The van der Waals surface area contributed by atoms with Gasteiger partial charge in [0.2, 0.25) is 0 Å². The maximum atomic E-state index is 3.86. The standard InChI is InChI=1S/C8H16N/c1-7(2)6-8(3)9(4)5/h7H,3-4,6H2,1-2,5H3/q+1. The van der Waals surface area contributed by atoms with Crippen molar-refractivity contribution in [1.29, 1.82) is 0 Å². The van der Waals surface area contributed by atoms with Crippen LogP contribution in [0, 0.1) is 5.92 Å². The van der Waals surface area contributed by atoms with Crippen molar-refractivity contribution in [2.24, 2.45) is 5.92 Å². The van der Waals surface area contributed by atoms with Gasteiger partial charge in [-0.25, -0.2) is 4.58 Å². The molecule has 1 nitrogen and oxygen atoms in total. The molecule has 1 heteroatoms. The first-order valence-electron chi connectivity index (χ1n) is 3.26. The van der Waals surface area contributed by atoms with E-state index < -0.39 is 0 Å². The largest absolute Gasteiger partial charge is 0.212 e. The molecule has 0 spiro atoms.